The fourth-order valence-electron chi connectivity index (χ4n) is 1.55. The van der Waals surface area contributed by atoms with E-state index in [1.54, 1.807) is 0 Å². The highest BCUT2D eigenvalue weighted by Gasteiger charge is 1.95. The average molecular weight is 335 g/mol. The fraction of sp³-hybridized carbons (Fsp3) is 0.941. The van der Waals surface area contributed by atoms with Crippen LogP contribution in [0.15, 0.2) is 0 Å². The van der Waals surface area contributed by atoms with Gasteiger partial charge in [-0.05, 0) is 18.8 Å². The highest BCUT2D eigenvalue weighted by atomic mass is 16.6. The Balaban J connectivity index is 0. The second-order valence-corrected chi connectivity index (χ2v) is 5.06. The van der Waals surface area contributed by atoms with Gasteiger partial charge in [0.25, 0.3) is 0 Å². The molecule has 140 valence electrons. The molecule has 0 saturated heterocycles. The van der Waals surface area contributed by atoms with Gasteiger partial charge in [-0.2, -0.15) is 0 Å². The fourth-order valence-corrected chi connectivity index (χ4v) is 1.55. The van der Waals surface area contributed by atoms with Crippen LogP contribution in [0.5, 0.6) is 0 Å². The molecule has 0 fully saturated rings. The van der Waals surface area contributed by atoms with E-state index in [4.69, 9.17) is 18.9 Å². The Hall–Kier alpha value is -0.690. The topological polar surface area (TPSA) is 66.0 Å². The van der Waals surface area contributed by atoms with Crippen LogP contribution in [0, 0.1) is 5.92 Å². The summed E-state index contributed by atoms with van der Waals surface area (Å²) in [5.74, 6) is 0.743. The van der Waals surface area contributed by atoms with Crippen molar-refractivity contribution in [2.75, 3.05) is 59.4 Å². The van der Waals surface area contributed by atoms with Crippen molar-refractivity contribution >= 4 is 6.41 Å². The maximum absolute atomic E-state index is 9.95. The van der Waals surface area contributed by atoms with Crippen molar-refractivity contribution < 1.29 is 23.7 Å². The second kappa shape index (κ2) is 23.6. The summed E-state index contributed by atoms with van der Waals surface area (Å²) >= 11 is 0. The van der Waals surface area contributed by atoms with Gasteiger partial charge in [0.2, 0.25) is 6.41 Å². The largest absolute Gasteiger partial charge is 0.379 e. The molecule has 6 heteroatoms. The van der Waals surface area contributed by atoms with Gasteiger partial charge in [0.1, 0.15) is 0 Å². The third-order valence-corrected chi connectivity index (χ3v) is 2.66. The summed E-state index contributed by atoms with van der Waals surface area (Å²) in [6, 6.07) is 0. The van der Waals surface area contributed by atoms with Gasteiger partial charge in [0, 0.05) is 13.2 Å². The van der Waals surface area contributed by atoms with Crippen LogP contribution in [0.25, 0.3) is 0 Å². The van der Waals surface area contributed by atoms with Crippen LogP contribution in [0.2, 0.25) is 0 Å². The van der Waals surface area contributed by atoms with E-state index in [1.807, 2.05) is 13.8 Å². The third kappa shape index (κ3) is 26.5. The number of nitrogens with one attached hydrogen (secondary N) is 1. The molecule has 0 aromatic carbocycles. The van der Waals surface area contributed by atoms with E-state index >= 15 is 0 Å². The van der Waals surface area contributed by atoms with E-state index < -0.39 is 0 Å². The molecule has 0 aliphatic rings. The lowest BCUT2D eigenvalue weighted by Gasteiger charge is -2.08. The molecule has 0 spiro atoms. The first-order valence-corrected chi connectivity index (χ1v) is 8.75. The molecular formula is C17H37NO5. The SMILES string of the molecule is CC.CC(C)CCCOCCOCCOCCOCCNC=O. The van der Waals surface area contributed by atoms with Crippen molar-refractivity contribution in [1.82, 2.24) is 5.32 Å². The lowest BCUT2D eigenvalue weighted by atomic mass is 10.1. The zero-order valence-corrected chi connectivity index (χ0v) is 15.5. The molecule has 0 aliphatic carbocycles. The molecule has 1 N–H and O–H groups in total. The molecule has 0 unspecified atom stereocenters. The molecule has 0 radical (unpaired) electrons. The first kappa shape index (κ1) is 24.6. The quantitative estimate of drug-likeness (QED) is 0.326. The molecule has 0 aromatic rings. The monoisotopic (exact) mass is 335 g/mol. The van der Waals surface area contributed by atoms with E-state index in [9.17, 15) is 4.79 Å². The maximum atomic E-state index is 9.95. The van der Waals surface area contributed by atoms with Gasteiger partial charge in [-0.1, -0.05) is 27.7 Å². The van der Waals surface area contributed by atoms with Crippen LogP contribution in [0.1, 0.15) is 40.5 Å². The maximum Gasteiger partial charge on any atom is 0.207 e. The molecule has 0 aromatic heterocycles. The van der Waals surface area contributed by atoms with Crippen molar-refractivity contribution in [3.8, 4) is 0 Å². The van der Waals surface area contributed by atoms with Gasteiger partial charge >= 0.3 is 0 Å². The number of carbonyl (C=O) groups is 1. The molecule has 0 heterocycles. The summed E-state index contributed by atoms with van der Waals surface area (Å²) in [6.45, 7) is 13.7. The second-order valence-electron chi connectivity index (χ2n) is 5.06. The third-order valence-electron chi connectivity index (χ3n) is 2.66. The molecule has 1 amide bonds. The smallest absolute Gasteiger partial charge is 0.207 e. The predicted octanol–water partition coefficient (Wildman–Crippen LogP) is 2.26. The number of hydrogen-bond acceptors (Lipinski definition) is 5. The van der Waals surface area contributed by atoms with Crippen molar-refractivity contribution in [2.45, 2.75) is 40.5 Å². The molecule has 0 rings (SSSR count). The van der Waals surface area contributed by atoms with E-state index in [1.165, 1.54) is 6.42 Å². The Bertz CT molecular complexity index is 215. The summed E-state index contributed by atoms with van der Waals surface area (Å²) in [5, 5.41) is 2.52. The first-order valence-electron chi connectivity index (χ1n) is 8.75. The van der Waals surface area contributed by atoms with Crippen LogP contribution >= 0.6 is 0 Å². The Morgan fingerprint density at radius 3 is 1.65 bits per heavy atom. The molecule has 23 heavy (non-hydrogen) atoms. The Kier molecular flexibility index (Phi) is 25.2. The molecule has 0 bridgehead atoms. The van der Waals surface area contributed by atoms with E-state index in [2.05, 4.69) is 19.2 Å². The summed E-state index contributed by atoms with van der Waals surface area (Å²) in [6.07, 6.45) is 2.98. The Labute approximate surface area is 142 Å². The van der Waals surface area contributed by atoms with Gasteiger partial charge in [-0.15, -0.1) is 0 Å². The van der Waals surface area contributed by atoms with Crippen molar-refractivity contribution in [3.63, 3.8) is 0 Å². The highest BCUT2D eigenvalue weighted by molar-refractivity contribution is 5.45. The number of amides is 1. The summed E-state index contributed by atoms with van der Waals surface area (Å²) in [5.41, 5.74) is 0. The lowest BCUT2D eigenvalue weighted by Crippen LogP contribution is -2.19. The van der Waals surface area contributed by atoms with Crippen LogP contribution in [-0.4, -0.2) is 65.8 Å². The molecule has 0 saturated carbocycles. The van der Waals surface area contributed by atoms with Crippen molar-refractivity contribution in [1.29, 1.82) is 0 Å². The summed E-state index contributed by atoms with van der Waals surface area (Å²) in [4.78, 5) is 9.95. The van der Waals surface area contributed by atoms with Crippen LogP contribution in [0.3, 0.4) is 0 Å². The lowest BCUT2D eigenvalue weighted by molar-refractivity contribution is -0.109. The number of carbonyl (C=O) groups excluding carboxylic acids is 1. The van der Waals surface area contributed by atoms with Gasteiger partial charge in [-0.25, -0.2) is 0 Å². The normalized spacial score (nSPS) is 10.3. The standard InChI is InChI=1S/C15H31NO5.C2H6/c1-15(2)4-3-6-18-8-10-20-12-13-21-11-9-19-7-5-16-14-17;1-2/h14-15H,3-13H2,1-2H3,(H,16,17);1-2H3. The minimum atomic E-state index is 0.507. The molecular weight excluding hydrogens is 298 g/mol. The van der Waals surface area contributed by atoms with E-state index in [0.29, 0.717) is 59.2 Å². The number of ether oxygens (including phenoxy) is 4. The van der Waals surface area contributed by atoms with Gasteiger partial charge in [0.05, 0.1) is 46.2 Å². The van der Waals surface area contributed by atoms with Gasteiger partial charge in [-0.3, -0.25) is 4.79 Å². The zero-order valence-electron chi connectivity index (χ0n) is 15.5. The molecule has 6 nitrogen and oxygen atoms in total. The van der Waals surface area contributed by atoms with Crippen molar-refractivity contribution in [2.24, 2.45) is 5.92 Å². The van der Waals surface area contributed by atoms with Gasteiger partial charge in [0.15, 0.2) is 0 Å². The van der Waals surface area contributed by atoms with Crippen LogP contribution < -0.4 is 5.32 Å². The predicted molar refractivity (Wildman–Crippen MR) is 92.8 cm³/mol. The first-order chi connectivity index (χ1) is 11.3. The van der Waals surface area contributed by atoms with Crippen molar-refractivity contribution in [3.05, 3.63) is 0 Å². The zero-order chi connectivity index (χ0) is 17.6. The molecule has 0 aliphatic heterocycles. The van der Waals surface area contributed by atoms with E-state index in [-0.39, 0.29) is 0 Å². The molecule has 0 atom stereocenters. The van der Waals surface area contributed by atoms with Crippen LogP contribution in [-0.2, 0) is 23.7 Å². The number of rotatable bonds is 17. The average Bonchev–Trinajstić information content (AvgIpc) is 2.56. The highest BCUT2D eigenvalue weighted by Crippen LogP contribution is 2.02. The minimum absolute atomic E-state index is 0.507. The Morgan fingerprint density at radius 1 is 0.783 bits per heavy atom. The van der Waals surface area contributed by atoms with Gasteiger partial charge < -0.3 is 24.3 Å². The van der Waals surface area contributed by atoms with E-state index in [0.717, 1.165) is 18.9 Å². The number of hydrogen-bond donors (Lipinski definition) is 1. The minimum Gasteiger partial charge on any atom is -0.379 e. The van der Waals surface area contributed by atoms with Crippen LogP contribution in [0.4, 0.5) is 0 Å². The summed E-state index contributed by atoms with van der Waals surface area (Å²) in [7, 11) is 0. The summed E-state index contributed by atoms with van der Waals surface area (Å²) < 4.78 is 21.4. The Morgan fingerprint density at radius 2 is 1.22 bits per heavy atom.